The van der Waals surface area contributed by atoms with Crippen molar-refractivity contribution in [3.63, 3.8) is 0 Å². The van der Waals surface area contributed by atoms with Crippen molar-refractivity contribution < 1.29 is 9.47 Å². The van der Waals surface area contributed by atoms with Crippen LogP contribution in [-0.2, 0) is 9.47 Å². The molecule has 0 aromatic heterocycles. The van der Waals surface area contributed by atoms with Gasteiger partial charge in [0.1, 0.15) is 0 Å². The Morgan fingerprint density at radius 2 is 2.16 bits per heavy atom. The maximum atomic E-state index is 6.21. The van der Waals surface area contributed by atoms with Crippen molar-refractivity contribution in [1.29, 1.82) is 0 Å². The second-order valence-electron chi connectivity index (χ2n) is 5.27. The monoisotopic (exact) mass is 301 g/mol. The van der Waals surface area contributed by atoms with Gasteiger partial charge in [0.15, 0.2) is 0 Å². The Balaban J connectivity index is 1.71. The number of benzene rings is 1. The highest BCUT2D eigenvalue weighted by Gasteiger charge is 2.41. The Bertz CT molecular complexity index is 461. The molecular weight excluding hydrogens is 285 g/mol. The maximum absolute atomic E-state index is 6.21. The Morgan fingerprint density at radius 3 is 2.95 bits per heavy atom. The molecule has 1 spiro atoms. The Morgan fingerprint density at radius 1 is 1.26 bits per heavy atom. The van der Waals surface area contributed by atoms with E-state index >= 15 is 0 Å². The third-order valence-electron chi connectivity index (χ3n) is 3.87. The van der Waals surface area contributed by atoms with Crippen molar-refractivity contribution >= 4 is 28.9 Å². The zero-order chi connectivity index (χ0) is 13.3. The van der Waals surface area contributed by atoms with Crippen molar-refractivity contribution in [2.75, 3.05) is 25.1 Å². The molecule has 2 heterocycles. The predicted octanol–water partition coefficient (Wildman–Crippen LogP) is 3.74. The summed E-state index contributed by atoms with van der Waals surface area (Å²) in [4.78, 5) is 0. The number of hydrogen-bond donors (Lipinski definition) is 1. The molecule has 5 heteroatoms. The van der Waals surface area contributed by atoms with E-state index in [1.807, 2.05) is 12.1 Å². The van der Waals surface area contributed by atoms with Gasteiger partial charge in [-0.25, -0.2) is 0 Å². The highest BCUT2D eigenvalue weighted by atomic mass is 35.5. The summed E-state index contributed by atoms with van der Waals surface area (Å²) in [6, 6.07) is 6.02. The fourth-order valence-corrected chi connectivity index (χ4v) is 3.20. The van der Waals surface area contributed by atoms with Crippen molar-refractivity contribution in [1.82, 2.24) is 0 Å². The Kier molecular flexibility index (Phi) is 3.90. The Hall–Kier alpha value is -0.480. The molecule has 2 saturated heterocycles. The van der Waals surface area contributed by atoms with E-state index in [9.17, 15) is 0 Å². The first kappa shape index (κ1) is 13.5. The van der Waals surface area contributed by atoms with Gasteiger partial charge in [-0.05, 0) is 25.0 Å². The topological polar surface area (TPSA) is 30.5 Å². The average Bonchev–Trinajstić information content (AvgIpc) is 2.83. The molecule has 2 unspecified atom stereocenters. The molecule has 0 radical (unpaired) electrons. The highest BCUT2D eigenvalue weighted by Crippen LogP contribution is 2.36. The summed E-state index contributed by atoms with van der Waals surface area (Å²) < 4.78 is 11.4. The van der Waals surface area contributed by atoms with E-state index in [2.05, 4.69) is 5.32 Å². The molecule has 19 heavy (non-hydrogen) atoms. The summed E-state index contributed by atoms with van der Waals surface area (Å²) in [5.41, 5.74) is 0.802. The van der Waals surface area contributed by atoms with Gasteiger partial charge in [0, 0.05) is 25.7 Å². The number of nitrogens with one attached hydrogen (secondary N) is 1. The van der Waals surface area contributed by atoms with Gasteiger partial charge < -0.3 is 14.8 Å². The van der Waals surface area contributed by atoms with Gasteiger partial charge in [-0.15, -0.1) is 0 Å². The minimum atomic E-state index is -0.0963. The minimum absolute atomic E-state index is 0.0963. The molecule has 3 nitrogen and oxygen atoms in total. The van der Waals surface area contributed by atoms with E-state index in [1.165, 1.54) is 0 Å². The molecule has 1 aromatic carbocycles. The predicted molar refractivity (Wildman–Crippen MR) is 77.2 cm³/mol. The van der Waals surface area contributed by atoms with Crippen molar-refractivity contribution in [3.8, 4) is 0 Å². The van der Waals surface area contributed by atoms with Crippen LogP contribution in [0.5, 0.6) is 0 Å². The van der Waals surface area contributed by atoms with Gasteiger partial charge >= 0.3 is 0 Å². The number of anilines is 1. The molecule has 2 fully saturated rings. The first-order chi connectivity index (χ1) is 9.19. The van der Waals surface area contributed by atoms with Crippen molar-refractivity contribution in [2.24, 2.45) is 0 Å². The molecule has 1 aromatic rings. The third kappa shape index (κ3) is 2.84. The number of halogens is 2. The summed E-state index contributed by atoms with van der Waals surface area (Å²) in [6.07, 6.45) is 2.91. The molecule has 2 atom stereocenters. The molecular formula is C14H17Cl2NO2. The summed E-state index contributed by atoms with van der Waals surface area (Å²) >= 11 is 12.2. The van der Waals surface area contributed by atoms with Gasteiger partial charge in [-0.2, -0.15) is 0 Å². The lowest BCUT2D eigenvalue weighted by Crippen LogP contribution is -2.44. The first-order valence-corrected chi connectivity index (χ1v) is 7.36. The van der Waals surface area contributed by atoms with Crippen LogP contribution in [0.15, 0.2) is 18.2 Å². The normalized spacial score (nSPS) is 30.7. The maximum Gasteiger partial charge on any atom is 0.0956 e. The lowest BCUT2D eigenvalue weighted by molar-refractivity contribution is -0.0828. The summed E-state index contributed by atoms with van der Waals surface area (Å²) in [5, 5.41) is 4.66. The smallest absolute Gasteiger partial charge is 0.0956 e. The van der Waals surface area contributed by atoms with Crippen LogP contribution in [-0.4, -0.2) is 31.5 Å². The van der Waals surface area contributed by atoms with Crippen LogP contribution in [0, 0.1) is 0 Å². The van der Waals surface area contributed by atoms with E-state index in [1.54, 1.807) is 6.07 Å². The van der Waals surface area contributed by atoms with Gasteiger partial charge in [0.25, 0.3) is 0 Å². The second-order valence-corrected chi connectivity index (χ2v) is 6.05. The standard InChI is InChI=1S/C14H17Cl2NO2/c15-11-2-1-3-12(13(11)16)17-10-4-6-19-14(8-10)5-7-18-9-14/h1-3,10,17H,4-9H2. The zero-order valence-corrected chi connectivity index (χ0v) is 12.1. The van der Waals surface area contributed by atoms with Gasteiger partial charge in [-0.3, -0.25) is 0 Å². The zero-order valence-electron chi connectivity index (χ0n) is 10.6. The quantitative estimate of drug-likeness (QED) is 0.902. The van der Waals surface area contributed by atoms with Crippen LogP contribution in [0.2, 0.25) is 10.0 Å². The fraction of sp³-hybridized carbons (Fsp3) is 0.571. The molecule has 3 rings (SSSR count). The molecule has 0 amide bonds. The molecule has 2 aliphatic heterocycles. The van der Waals surface area contributed by atoms with Crippen LogP contribution < -0.4 is 5.32 Å². The molecule has 0 saturated carbocycles. The molecule has 0 aliphatic carbocycles. The first-order valence-electron chi connectivity index (χ1n) is 6.61. The largest absolute Gasteiger partial charge is 0.381 e. The average molecular weight is 302 g/mol. The number of hydrogen-bond acceptors (Lipinski definition) is 3. The van der Waals surface area contributed by atoms with Crippen molar-refractivity contribution in [2.45, 2.75) is 30.9 Å². The van der Waals surface area contributed by atoms with E-state index in [4.69, 9.17) is 32.7 Å². The van der Waals surface area contributed by atoms with Gasteiger partial charge in [-0.1, -0.05) is 29.3 Å². The van der Waals surface area contributed by atoms with Crippen LogP contribution in [0.3, 0.4) is 0 Å². The molecule has 0 bridgehead atoms. The summed E-state index contributed by atoms with van der Waals surface area (Å²) in [5.74, 6) is 0. The Labute approximate surface area is 123 Å². The van der Waals surface area contributed by atoms with E-state index < -0.39 is 0 Å². The summed E-state index contributed by atoms with van der Waals surface area (Å²) in [6.45, 7) is 2.26. The summed E-state index contributed by atoms with van der Waals surface area (Å²) in [7, 11) is 0. The lowest BCUT2D eigenvalue weighted by atomic mass is 9.89. The number of rotatable bonds is 2. The van der Waals surface area contributed by atoms with E-state index in [0.29, 0.717) is 22.7 Å². The highest BCUT2D eigenvalue weighted by molar-refractivity contribution is 6.43. The molecule has 104 valence electrons. The van der Waals surface area contributed by atoms with Crippen LogP contribution in [0.25, 0.3) is 0 Å². The van der Waals surface area contributed by atoms with Gasteiger partial charge in [0.05, 0.1) is 27.9 Å². The van der Waals surface area contributed by atoms with Crippen LogP contribution in [0.1, 0.15) is 19.3 Å². The molecule has 1 N–H and O–H groups in total. The molecule has 2 aliphatic rings. The fourth-order valence-electron chi connectivity index (χ4n) is 2.85. The third-order valence-corrected chi connectivity index (χ3v) is 4.69. The second kappa shape index (κ2) is 5.49. The van der Waals surface area contributed by atoms with E-state index in [0.717, 1.165) is 38.2 Å². The SMILES string of the molecule is Clc1cccc(NC2CCOC3(CCOC3)C2)c1Cl. The lowest BCUT2D eigenvalue weighted by Gasteiger charge is -2.37. The van der Waals surface area contributed by atoms with Crippen LogP contribution in [0.4, 0.5) is 5.69 Å². The van der Waals surface area contributed by atoms with Gasteiger partial charge in [0.2, 0.25) is 0 Å². The van der Waals surface area contributed by atoms with Crippen molar-refractivity contribution in [3.05, 3.63) is 28.2 Å². The number of ether oxygens (including phenoxy) is 2. The van der Waals surface area contributed by atoms with Crippen LogP contribution >= 0.6 is 23.2 Å². The minimum Gasteiger partial charge on any atom is -0.381 e. The van der Waals surface area contributed by atoms with E-state index in [-0.39, 0.29) is 5.60 Å².